The molecule has 1 fully saturated rings. The lowest BCUT2D eigenvalue weighted by Gasteiger charge is -2.39. The van der Waals surface area contributed by atoms with Crippen LogP contribution in [0.25, 0.3) is 0 Å². The number of amides is 1. The number of primary amides is 1. The van der Waals surface area contributed by atoms with Crippen LogP contribution in [0.3, 0.4) is 0 Å². The van der Waals surface area contributed by atoms with E-state index in [1.165, 1.54) is 0 Å². The quantitative estimate of drug-likeness (QED) is 0.807. The maximum atomic E-state index is 11.8. The van der Waals surface area contributed by atoms with Crippen molar-refractivity contribution in [2.24, 2.45) is 16.6 Å². The predicted molar refractivity (Wildman–Crippen MR) is 104 cm³/mol. The van der Waals surface area contributed by atoms with Crippen molar-refractivity contribution in [3.8, 4) is 0 Å². The molecule has 1 aromatic rings. The molecule has 3 N–H and O–H groups in total. The summed E-state index contributed by atoms with van der Waals surface area (Å²) in [6.07, 6.45) is 6.73. The number of hydrogen-bond donors (Lipinski definition) is 2. The molecule has 6 nitrogen and oxygen atoms in total. The molecule has 0 aromatic carbocycles. The first-order chi connectivity index (χ1) is 12.0. The Balaban J connectivity index is 2.19. The highest BCUT2D eigenvalue weighted by Crippen LogP contribution is 2.40. The van der Waals surface area contributed by atoms with Crippen LogP contribution >= 0.6 is 0 Å². The van der Waals surface area contributed by atoms with Crippen molar-refractivity contribution in [1.82, 2.24) is 9.97 Å². The molecule has 0 aliphatic heterocycles. The van der Waals surface area contributed by atoms with Gasteiger partial charge in [-0.25, -0.2) is 9.97 Å². The molecular weight excluding hydrogens is 328 g/mol. The van der Waals surface area contributed by atoms with Gasteiger partial charge in [-0.15, -0.1) is 0 Å². The van der Waals surface area contributed by atoms with Gasteiger partial charge in [-0.05, 0) is 42.9 Å². The van der Waals surface area contributed by atoms with Gasteiger partial charge in [0.2, 0.25) is 5.95 Å². The first-order valence-electron chi connectivity index (χ1n) is 9.48. The summed E-state index contributed by atoms with van der Waals surface area (Å²) in [5.74, 6) is 0.104. The van der Waals surface area contributed by atoms with Gasteiger partial charge >= 0.3 is 0 Å². The summed E-state index contributed by atoms with van der Waals surface area (Å²) in [7, 11) is 1.77. The van der Waals surface area contributed by atoms with Crippen LogP contribution in [0.15, 0.2) is 6.20 Å². The third-order valence-corrected chi connectivity index (χ3v) is 6.11. The molecule has 2 rings (SSSR count). The van der Waals surface area contributed by atoms with Gasteiger partial charge in [0.05, 0.1) is 17.4 Å². The second kappa shape index (κ2) is 7.91. The Kier molecular flexibility index (Phi) is 6.27. The number of ether oxygens (including phenoxy) is 1. The Morgan fingerprint density at radius 2 is 1.85 bits per heavy atom. The van der Waals surface area contributed by atoms with Crippen LogP contribution in [-0.2, 0) is 11.2 Å². The maximum absolute atomic E-state index is 11.8. The molecular formula is C20H34N4O2. The van der Waals surface area contributed by atoms with Crippen molar-refractivity contribution < 1.29 is 9.53 Å². The Morgan fingerprint density at radius 1 is 1.23 bits per heavy atom. The number of carbonyl (C=O) groups is 1. The van der Waals surface area contributed by atoms with Crippen LogP contribution in [0, 0.1) is 10.8 Å². The second-order valence-corrected chi connectivity index (χ2v) is 9.08. The maximum Gasteiger partial charge on any atom is 0.252 e. The molecule has 1 amide bonds. The Morgan fingerprint density at radius 3 is 2.35 bits per heavy atom. The van der Waals surface area contributed by atoms with Crippen LogP contribution in [0.2, 0.25) is 0 Å². The van der Waals surface area contributed by atoms with E-state index in [1.807, 2.05) is 0 Å². The zero-order chi connectivity index (χ0) is 19.5. The molecule has 0 spiro atoms. The molecule has 0 bridgehead atoms. The minimum atomic E-state index is -0.475. The molecule has 1 aromatic heterocycles. The minimum Gasteiger partial charge on any atom is -0.381 e. The van der Waals surface area contributed by atoms with Gasteiger partial charge in [0.15, 0.2) is 0 Å². The van der Waals surface area contributed by atoms with E-state index in [2.05, 4.69) is 49.9 Å². The average molecular weight is 363 g/mol. The van der Waals surface area contributed by atoms with E-state index in [4.69, 9.17) is 10.5 Å². The monoisotopic (exact) mass is 362 g/mol. The Labute approximate surface area is 157 Å². The third-order valence-electron chi connectivity index (χ3n) is 6.11. The number of nitrogens with zero attached hydrogens (tertiary/aromatic N) is 2. The van der Waals surface area contributed by atoms with Crippen molar-refractivity contribution in [1.29, 1.82) is 0 Å². The number of aromatic nitrogens is 2. The van der Waals surface area contributed by atoms with E-state index in [0.717, 1.165) is 31.4 Å². The van der Waals surface area contributed by atoms with Gasteiger partial charge < -0.3 is 15.8 Å². The fourth-order valence-corrected chi connectivity index (χ4v) is 3.14. The molecule has 0 radical (unpaired) electrons. The Bertz CT molecular complexity index is 629. The number of carbonyl (C=O) groups excluding carboxylic acids is 1. The van der Waals surface area contributed by atoms with E-state index in [9.17, 15) is 4.79 Å². The van der Waals surface area contributed by atoms with Crippen LogP contribution in [0.1, 0.15) is 76.4 Å². The smallest absolute Gasteiger partial charge is 0.252 e. The first-order valence-corrected chi connectivity index (χ1v) is 9.48. The summed E-state index contributed by atoms with van der Waals surface area (Å²) in [6, 6.07) is 0.337. The van der Waals surface area contributed by atoms with E-state index in [1.54, 1.807) is 13.3 Å². The predicted octanol–water partition coefficient (Wildman–Crippen LogP) is 3.56. The highest BCUT2D eigenvalue weighted by molar-refractivity contribution is 5.93. The van der Waals surface area contributed by atoms with Crippen molar-refractivity contribution in [2.45, 2.75) is 78.9 Å². The van der Waals surface area contributed by atoms with E-state index in [-0.39, 0.29) is 10.8 Å². The summed E-state index contributed by atoms with van der Waals surface area (Å²) in [6.45, 7) is 11.0. The van der Waals surface area contributed by atoms with Crippen LogP contribution < -0.4 is 11.1 Å². The fraction of sp³-hybridized carbons (Fsp3) is 0.750. The van der Waals surface area contributed by atoms with Gasteiger partial charge in [0.1, 0.15) is 0 Å². The number of nitrogens with one attached hydrogen (secondary N) is 1. The lowest BCUT2D eigenvalue weighted by Crippen LogP contribution is -2.34. The first kappa shape index (κ1) is 20.6. The van der Waals surface area contributed by atoms with Crippen LogP contribution in [-0.4, -0.2) is 35.1 Å². The topological polar surface area (TPSA) is 90.1 Å². The van der Waals surface area contributed by atoms with Crippen LogP contribution in [0.4, 0.5) is 5.95 Å². The summed E-state index contributed by atoms with van der Waals surface area (Å²) in [5.41, 5.74) is 6.72. The van der Waals surface area contributed by atoms with Gasteiger partial charge in [0, 0.05) is 19.3 Å². The summed E-state index contributed by atoms with van der Waals surface area (Å²) in [5, 5.41) is 3.43. The normalized spacial score (nSPS) is 21.5. The van der Waals surface area contributed by atoms with Crippen molar-refractivity contribution in [3.05, 3.63) is 17.5 Å². The SMILES string of the molecule is COC1CCC(Nc2ncc(C(N)=O)c(CC(C)(C)C(C)(C)C)n2)CC1. The standard InChI is InChI=1S/C20H34N4O2/c1-19(2,3)20(4,5)11-16-15(17(21)25)12-22-18(24-16)23-13-7-9-14(26-6)10-8-13/h12-14H,7-11H2,1-6H3,(H2,21,25)(H,22,23,24). The highest BCUT2D eigenvalue weighted by Gasteiger charge is 2.34. The molecule has 1 saturated carbocycles. The van der Waals surface area contributed by atoms with E-state index in [0.29, 0.717) is 30.1 Å². The number of hydrogen-bond acceptors (Lipinski definition) is 5. The molecule has 1 heterocycles. The van der Waals surface area contributed by atoms with Gasteiger partial charge in [-0.1, -0.05) is 34.6 Å². The average Bonchev–Trinajstić information content (AvgIpc) is 2.54. The molecule has 6 heteroatoms. The lowest BCUT2D eigenvalue weighted by atomic mass is 9.66. The molecule has 1 aliphatic rings. The summed E-state index contributed by atoms with van der Waals surface area (Å²) < 4.78 is 5.43. The molecule has 146 valence electrons. The van der Waals surface area contributed by atoms with E-state index >= 15 is 0 Å². The number of anilines is 1. The molecule has 0 unspecified atom stereocenters. The number of nitrogens with two attached hydrogens (primary N) is 1. The molecule has 0 saturated heterocycles. The molecule has 26 heavy (non-hydrogen) atoms. The van der Waals surface area contributed by atoms with E-state index < -0.39 is 5.91 Å². The second-order valence-electron chi connectivity index (χ2n) is 9.08. The van der Waals surface area contributed by atoms with Crippen molar-refractivity contribution in [3.63, 3.8) is 0 Å². The summed E-state index contributed by atoms with van der Waals surface area (Å²) in [4.78, 5) is 20.8. The van der Waals surface area contributed by atoms with Crippen molar-refractivity contribution in [2.75, 3.05) is 12.4 Å². The molecule has 0 atom stereocenters. The Hall–Kier alpha value is -1.69. The third kappa shape index (κ3) is 4.93. The number of rotatable bonds is 6. The fourth-order valence-electron chi connectivity index (χ4n) is 3.14. The van der Waals surface area contributed by atoms with Gasteiger partial charge in [-0.2, -0.15) is 0 Å². The lowest BCUT2D eigenvalue weighted by molar-refractivity contribution is 0.0681. The molecule has 1 aliphatic carbocycles. The van der Waals surface area contributed by atoms with Gasteiger partial charge in [-0.3, -0.25) is 4.79 Å². The van der Waals surface area contributed by atoms with Crippen LogP contribution in [0.5, 0.6) is 0 Å². The minimum absolute atomic E-state index is 0.0423. The largest absolute Gasteiger partial charge is 0.381 e. The zero-order valence-corrected chi connectivity index (χ0v) is 17.1. The van der Waals surface area contributed by atoms with Gasteiger partial charge in [0.25, 0.3) is 5.91 Å². The number of methoxy groups -OCH3 is 1. The zero-order valence-electron chi connectivity index (χ0n) is 17.1. The van der Waals surface area contributed by atoms with Crippen molar-refractivity contribution >= 4 is 11.9 Å². The summed E-state index contributed by atoms with van der Waals surface area (Å²) >= 11 is 0. The highest BCUT2D eigenvalue weighted by atomic mass is 16.5.